The van der Waals surface area contributed by atoms with Crippen LogP contribution in [0.2, 0.25) is 10.0 Å². The van der Waals surface area contributed by atoms with Gasteiger partial charge < -0.3 is 5.11 Å². The number of benzene rings is 2. The first-order valence-corrected chi connectivity index (χ1v) is 7.55. The third-order valence-electron chi connectivity index (χ3n) is 4.05. The topological polar surface area (TPSA) is 20.2 Å². The Kier molecular flexibility index (Phi) is 3.76. The molecule has 0 bridgehead atoms. The third-order valence-corrected chi connectivity index (χ3v) is 4.91. The van der Waals surface area contributed by atoms with Gasteiger partial charge in [0.1, 0.15) is 0 Å². The number of aryl methyl sites for hydroxylation is 1. The number of hydrogen-bond acceptors (Lipinski definition) is 1. The van der Waals surface area contributed by atoms with Crippen molar-refractivity contribution in [3.8, 4) is 0 Å². The van der Waals surface area contributed by atoms with Crippen LogP contribution in [0, 0.1) is 0 Å². The van der Waals surface area contributed by atoms with Crippen LogP contribution in [0.3, 0.4) is 0 Å². The molecule has 1 unspecified atom stereocenters. The summed E-state index contributed by atoms with van der Waals surface area (Å²) in [5.41, 5.74) is 2.76. The zero-order valence-electron chi connectivity index (χ0n) is 11.1. The van der Waals surface area contributed by atoms with E-state index in [4.69, 9.17) is 23.2 Å². The van der Waals surface area contributed by atoms with Gasteiger partial charge in [-0.3, -0.25) is 0 Å². The summed E-state index contributed by atoms with van der Waals surface area (Å²) in [5.74, 6) is 0. The Labute approximate surface area is 129 Å². The van der Waals surface area contributed by atoms with E-state index in [0.717, 1.165) is 18.4 Å². The van der Waals surface area contributed by atoms with E-state index >= 15 is 0 Å². The highest BCUT2D eigenvalue weighted by molar-refractivity contribution is 6.42. The predicted molar refractivity (Wildman–Crippen MR) is 83.6 cm³/mol. The van der Waals surface area contributed by atoms with Gasteiger partial charge in [-0.2, -0.15) is 0 Å². The summed E-state index contributed by atoms with van der Waals surface area (Å²) in [6, 6.07) is 13.9. The molecule has 0 saturated heterocycles. The summed E-state index contributed by atoms with van der Waals surface area (Å²) in [4.78, 5) is 0. The number of fused-ring (bicyclic) bond motifs is 1. The van der Waals surface area contributed by atoms with E-state index in [0.29, 0.717) is 22.9 Å². The van der Waals surface area contributed by atoms with E-state index in [2.05, 4.69) is 18.2 Å². The quantitative estimate of drug-likeness (QED) is 0.868. The molecule has 1 aliphatic carbocycles. The van der Waals surface area contributed by atoms with Crippen molar-refractivity contribution < 1.29 is 5.11 Å². The van der Waals surface area contributed by atoms with E-state index in [9.17, 15) is 5.11 Å². The van der Waals surface area contributed by atoms with Crippen molar-refractivity contribution in [3.63, 3.8) is 0 Å². The first-order chi connectivity index (χ1) is 9.57. The van der Waals surface area contributed by atoms with Gasteiger partial charge in [-0.05, 0) is 35.6 Å². The highest BCUT2D eigenvalue weighted by Gasteiger charge is 2.32. The van der Waals surface area contributed by atoms with E-state index < -0.39 is 5.60 Å². The Bertz CT molecular complexity index is 639. The Morgan fingerprint density at radius 1 is 1.00 bits per heavy atom. The van der Waals surface area contributed by atoms with Crippen LogP contribution in [0.25, 0.3) is 0 Å². The number of hydrogen-bond donors (Lipinski definition) is 1. The molecule has 0 fully saturated rings. The lowest BCUT2D eigenvalue weighted by atomic mass is 9.77. The van der Waals surface area contributed by atoms with Gasteiger partial charge in [0, 0.05) is 12.8 Å². The molecule has 0 radical (unpaired) electrons. The second kappa shape index (κ2) is 5.40. The Hall–Kier alpha value is -1.02. The van der Waals surface area contributed by atoms with Crippen LogP contribution in [0.1, 0.15) is 23.1 Å². The number of rotatable bonds is 2. The summed E-state index contributed by atoms with van der Waals surface area (Å²) in [6.07, 6.45) is 2.88. The normalized spacial score (nSPS) is 21.6. The maximum Gasteiger partial charge on any atom is 0.0731 e. The second-order valence-electron chi connectivity index (χ2n) is 5.56. The molecule has 104 valence electrons. The van der Waals surface area contributed by atoms with E-state index in [1.54, 1.807) is 6.07 Å². The molecule has 3 heteroatoms. The fraction of sp³-hybridized carbons (Fsp3) is 0.294. The molecule has 1 N–H and O–H groups in total. The van der Waals surface area contributed by atoms with Crippen LogP contribution >= 0.6 is 23.2 Å². The monoisotopic (exact) mass is 306 g/mol. The molecule has 1 atom stereocenters. The summed E-state index contributed by atoms with van der Waals surface area (Å²) < 4.78 is 0. The molecule has 2 aromatic rings. The van der Waals surface area contributed by atoms with Crippen molar-refractivity contribution in [2.45, 2.75) is 31.3 Å². The molecule has 0 aromatic heterocycles. The molecule has 0 spiro atoms. The minimum Gasteiger partial charge on any atom is -0.389 e. The second-order valence-corrected chi connectivity index (χ2v) is 6.34. The summed E-state index contributed by atoms with van der Waals surface area (Å²) in [6.45, 7) is 0. The Balaban J connectivity index is 1.86. The molecular formula is C17H16Cl2O. The third kappa shape index (κ3) is 2.71. The van der Waals surface area contributed by atoms with E-state index in [1.165, 1.54) is 11.1 Å². The molecular weight excluding hydrogens is 291 g/mol. The first kappa shape index (κ1) is 13.9. The summed E-state index contributed by atoms with van der Waals surface area (Å²) in [7, 11) is 0. The lowest BCUT2D eigenvalue weighted by Gasteiger charge is -2.34. The molecule has 3 rings (SSSR count). The highest BCUT2D eigenvalue weighted by atomic mass is 35.5. The molecule has 20 heavy (non-hydrogen) atoms. The van der Waals surface area contributed by atoms with Crippen LogP contribution in [-0.2, 0) is 19.3 Å². The maximum atomic E-state index is 10.9. The minimum absolute atomic E-state index is 0.542. The smallest absolute Gasteiger partial charge is 0.0731 e. The largest absolute Gasteiger partial charge is 0.389 e. The molecule has 0 heterocycles. The van der Waals surface area contributed by atoms with Gasteiger partial charge in [0.15, 0.2) is 0 Å². The average molecular weight is 307 g/mol. The first-order valence-electron chi connectivity index (χ1n) is 6.79. The van der Waals surface area contributed by atoms with Crippen molar-refractivity contribution in [2.24, 2.45) is 0 Å². The van der Waals surface area contributed by atoms with Gasteiger partial charge in [0.25, 0.3) is 0 Å². The van der Waals surface area contributed by atoms with Crippen LogP contribution in [0.15, 0.2) is 42.5 Å². The number of halogens is 2. The molecule has 0 saturated carbocycles. The van der Waals surface area contributed by atoms with Crippen molar-refractivity contribution >= 4 is 23.2 Å². The van der Waals surface area contributed by atoms with Gasteiger partial charge in [0.05, 0.1) is 15.6 Å². The van der Waals surface area contributed by atoms with Crippen molar-refractivity contribution in [1.82, 2.24) is 0 Å². The average Bonchev–Trinajstić information content (AvgIpc) is 2.44. The fourth-order valence-electron chi connectivity index (χ4n) is 2.97. The zero-order valence-corrected chi connectivity index (χ0v) is 12.6. The lowest BCUT2D eigenvalue weighted by molar-refractivity contribution is 0.0267. The molecule has 0 amide bonds. The van der Waals surface area contributed by atoms with Crippen molar-refractivity contribution in [1.29, 1.82) is 0 Å². The van der Waals surface area contributed by atoms with Crippen LogP contribution < -0.4 is 0 Å². The van der Waals surface area contributed by atoms with Crippen LogP contribution in [-0.4, -0.2) is 10.7 Å². The molecule has 1 aliphatic rings. The summed E-state index contributed by atoms with van der Waals surface area (Å²) >= 11 is 12.3. The predicted octanol–water partition coefficient (Wildman–Crippen LogP) is 4.46. The van der Waals surface area contributed by atoms with E-state index in [-0.39, 0.29) is 0 Å². The van der Waals surface area contributed by atoms with Gasteiger partial charge in [-0.1, -0.05) is 59.6 Å². The van der Waals surface area contributed by atoms with E-state index in [1.807, 2.05) is 18.2 Å². The van der Waals surface area contributed by atoms with Gasteiger partial charge in [-0.15, -0.1) is 0 Å². The van der Waals surface area contributed by atoms with Gasteiger partial charge in [0.2, 0.25) is 0 Å². The van der Waals surface area contributed by atoms with Crippen LogP contribution in [0.5, 0.6) is 0 Å². The molecule has 1 nitrogen and oxygen atoms in total. The molecule has 0 aliphatic heterocycles. The zero-order chi connectivity index (χ0) is 14.2. The standard InChI is InChI=1S/C17H16Cl2O/c18-15-7-3-6-14(16(15)19)11-17(20)9-8-12-4-1-2-5-13(12)10-17/h1-7,20H,8-11H2. The fourth-order valence-corrected chi connectivity index (χ4v) is 3.36. The Morgan fingerprint density at radius 2 is 1.75 bits per heavy atom. The van der Waals surface area contributed by atoms with Crippen molar-refractivity contribution in [3.05, 3.63) is 69.2 Å². The maximum absolute atomic E-state index is 10.9. The van der Waals surface area contributed by atoms with Crippen molar-refractivity contribution in [2.75, 3.05) is 0 Å². The van der Waals surface area contributed by atoms with Gasteiger partial charge >= 0.3 is 0 Å². The minimum atomic E-state index is -0.733. The Morgan fingerprint density at radius 3 is 2.55 bits per heavy atom. The summed E-state index contributed by atoms with van der Waals surface area (Å²) in [5, 5.41) is 12.0. The lowest BCUT2D eigenvalue weighted by Crippen LogP contribution is -2.38. The highest BCUT2D eigenvalue weighted by Crippen LogP contribution is 2.34. The van der Waals surface area contributed by atoms with Crippen LogP contribution in [0.4, 0.5) is 0 Å². The van der Waals surface area contributed by atoms with Gasteiger partial charge in [-0.25, -0.2) is 0 Å². The SMILES string of the molecule is OC1(Cc2cccc(Cl)c2Cl)CCc2ccccc2C1. The molecule has 2 aromatic carbocycles. The number of aliphatic hydroxyl groups is 1.